The van der Waals surface area contributed by atoms with Crippen molar-refractivity contribution in [2.45, 2.75) is 45.5 Å². The second-order valence-electron chi connectivity index (χ2n) is 6.70. The van der Waals surface area contributed by atoms with E-state index < -0.39 is 6.10 Å². The van der Waals surface area contributed by atoms with E-state index >= 15 is 0 Å². The summed E-state index contributed by atoms with van der Waals surface area (Å²) in [5.41, 5.74) is 1.42. The van der Waals surface area contributed by atoms with Gasteiger partial charge in [-0.25, -0.2) is 4.98 Å². The zero-order valence-electron chi connectivity index (χ0n) is 13.2. The fraction of sp³-hybridized carbons (Fsp3) is 0.562. The van der Waals surface area contributed by atoms with E-state index in [1.165, 1.54) is 0 Å². The molecule has 0 aromatic carbocycles. The summed E-state index contributed by atoms with van der Waals surface area (Å²) in [5, 5.41) is 14.1. The normalized spacial score (nSPS) is 20.2. The van der Waals surface area contributed by atoms with Gasteiger partial charge >= 0.3 is 0 Å². The van der Waals surface area contributed by atoms with E-state index in [4.69, 9.17) is 0 Å². The highest BCUT2D eigenvalue weighted by atomic mass is 16.3. The van der Waals surface area contributed by atoms with Crippen molar-refractivity contribution in [3.63, 3.8) is 0 Å². The number of aromatic nitrogens is 4. The molecule has 7 heteroatoms. The molecule has 23 heavy (non-hydrogen) atoms. The van der Waals surface area contributed by atoms with Crippen LogP contribution in [0.1, 0.15) is 37.3 Å². The van der Waals surface area contributed by atoms with E-state index in [9.17, 15) is 9.90 Å². The summed E-state index contributed by atoms with van der Waals surface area (Å²) >= 11 is 0. The highest BCUT2D eigenvalue weighted by molar-refractivity contribution is 5.85. The van der Waals surface area contributed by atoms with Crippen molar-refractivity contribution in [2.75, 3.05) is 6.54 Å². The molecule has 2 aromatic heterocycles. The van der Waals surface area contributed by atoms with E-state index in [0.717, 1.165) is 18.5 Å². The fourth-order valence-corrected chi connectivity index (χ4v) is 3.32. The van der Waals surface area contributed by atoms with Crippen LogP contribution in [0.25, 0.3) is 0 Å². The van der Waals surface area contributed by atoms with Crippen LogP contribution in [-0.4, -0.2) is 41.8 Å². The van der Waals surface area contributed by atoms with Gasteiger partial charge in [0.05, 0.1) is 42.3 Å². The molecule has 1 atom stereocenters. The monoisotopic (exact) mass is 315 g/mol. The fourth-order valence-electron chi connectivity index (χ4n) is 3.32. The zero-order chi connectivity index (χ0) is 16.0. The number of rotatable bonds is 4. The predicted octanol–water partition coefficient (Wildman–Crippen LogP) is 0.955. The molecule has 1 N–H and O–H groups in total. The summed E-state index contributed by atoms with van der Waals surface area (Å²) in [5.74, 6) is 0.234. The average molecular weight is 315 g/mol. The summed E-state index contributed by atoms with van der Waals surface area (Å²) in [6.07, 6.45) is 6.74. The quantitative estimate of drug-likeness (QED) is 0.911. The summed E-state index contributed by atoms with van der Waals surface area (Å²) < 4.78 is 3.89. The Morgan fingerprint density at radius 3 is 2.91 bits per heavy atom. The predicted molar refractivity (Wildman–Crippen MR) is 82.2 cm³/mol. The minimum Gasteiger partial charge on any atom is -0.387 e. The molecule has 122 valence electrons. The second kappa shape index (κ2) is 5.19. The van der Waals surface area contributed by atoms with Gasteiger partial charge in [-0.2, -0.15) is 5.10 Å². The number of carbonyl (C=O) groups excluding carboxylic acids is 1. The maximum atomic E-state index is 13.0. The van der Waals surface area contributed by atoms with E-state index in [-0.39, 0.29) is 11.3 Å². The first-order valence-electron chi connectivity index (χ1n) is 8.07. The summed E-state index contributed by atoms with van der Waals surface area (Å²) in [6, 6.07) is 1.90. The summed E-state index contributed by atoms with van der Waals surface area (Å²) in [6.45, 7) is 4.36. The molecular weight excluding hydrogens is 294 g/mol. The van der Waals surface area contributed by atoms with E-state index in [1.54, 1.807) is 19.4 Å². The molecule has 1 aliphatic heterocycles. The number of carbonyl (C=O) groups is 1. The van der Waals surface area contributed by atoms with Crippen LogP contribution >= 0.6 is 0 Å². The van der Waals surface area contributed by atoms with Gasteiger partial charge in [-0.3, -0.25) is 9.48 Å². The molecule has 0 spiro atoms. The van der Waals surface area contributed by atoms with Gasteiger partial charge in [0, 0.05) is 25.5 Å². The van der Waals surface area contributed by atoms with Crippen molar-refractivity contribution in [3.05, 3.63) is 36.2 Å². The van der Waals surface area contributed by atoms with Crippen molar-refractivity contribution in [1.82, 2.24) is 24.2 Å². The van der Waals surface area contributed by atoms with Gasteiger partial charge in [-0.1, -0.05) is 0 Å². The molecule has 7 nitrogen and oxygen atoms in total. The third-order valence-corrected chi connectivity index (χ3v) is 4.88. The lowest BCUT2D eigenvalue weighted by Gasteiger charge is -2.31. The van der Waals surface area contributed by atoms with Gasteiger partial charge in [-0.05, 0) is 25.8 Å². The molecule has 4 rings (SSSR count). The largest absolute Gasteiger partial charge is 0.387 e. The van der Waals surface area contributed by atoms with E-state index in [1.807, 2.05) is 26.4 Å². The molecule has 3 heterocycles. The maximum Gasteiger partial charge on any atom is 0.231 e. The first-order valence-corrected chi connectivity index (χ1v) is 8.07. The lowest BCUT2D eigenvalue weighted by Crippen LogP contribution is -2.43. The molecule has 0 saturated heterocycles. The van der Waals surface area contributed by atoms with Crippen LogP contribution in [0.15, 0.2) is 24.8 Å². The van der Waals surface area contributed by atoms with E-state index in [2.05, 4.69) is 10.1 Å². The molecule has 1 fully saturated rings. The Morgan fingerprint density at radius 2 is 2.26 bits per heavy atom. The molecule has 1 unspecified atom stereocenters. The minimum atomic E-state index is -0.576. The van der Waals surface area contributed by atoms with Gasteiger partial charge in [0.15, 0.2) is 0 Å². The van der Waals surface area contributed by atoms with Crippen LogP contribution in [0.5, 0.6) is 0 Å². The van der Waals surface area contributed by atoms with Crippen LogP contribution in [0.2, 0.25) is 0 Å². The Balaban J connectivity index is 1.49. The number of fused-ring (bicyclic) bond motifs is 1. The summed E-state index contributed by atoms with van der Waals surface area (Å²) in [4.78, 5) is 19.0. The Morgan fingerprint density at radius 1 is 1.43 bits per heavy atom. The molecule has 0 radical (unpaired) electrons. The SMILES string of the molecule is CC(O)c1cc2n(n1)CCN(C(=O)C1(Cn3ccnc3)CC1)C2. The Bertz CT molecular complexity index is 715. The number of aliphatic hydroxyl groups is 1. The van der Waals surface area contributed by atoms with Crippen molar-refractivity contribution in [2.24, 2.45) is 5.41 Å². The van der Waals surface area contributed by atoms with Gasteiger partial charge in [0.1, 0.15) is 0 Å². The minimum absolute atomic E-state index is 0.234. The smallest absolute Gasteiger partial charge is 0.231 e. The molecule has 0 bridgehead atoms. The highest BCUT2D eigenvalue weighted by Crippen LogP contribution is 2.49. The number of aliphatic hydroxyl groups excluding tert-OH is 1. The first-order chi connectivity index (χ1) is 11.1. The lowest BCUT2D eigenvalue weighted by atomic mass is 10.0. The van der Waals surface area contributed by atoms with Gasteiger partial charge in [0.2, 0.25) is 5.91 Å². The number of nitrogens with zero attached hydrogens (tertiary/aromatic N) is 5. The lowest BCUT2D eigenvalue weighted by molar-refractivity contribution is -0.139. The van der Waals surface area contributed by atoms with Crippen LogP contribution < -0.4 is 0 Å². The molecule has 2 aromatic rings. The number of amides is 1. The van der Waals surface area contributed by atoms with Crippen LogP contribution in [0.3, 0.4) is 0 Å². The standard InChI is InChI=1S/C16H21N5O2/c1-12(22)14-8-13-9-20(6-7-21(13)18-14)15(23)16(2-3-16)10-19-5-4-17-11-19/h4-5,8,11-12,22H,2-3,6-7,9-10H2,1H3. The van der Waals surface area contributed by atoms with Gasteiger partial charge in [-0.15, -0.1) is 0 Å². The Hall–Kier alpha value is -2.15. The highest BCUT2D eigenvalue weighted by Gasteiger charge is 2.52. The Labute approximate surface area is 134 Å². The van der Waals surface area contributed by atoms with Crippen LogP contribution in [0, 0.1) is 5.41 Å². The molecule has 1 aliphatic carbocycles. The van der Waals surface area contributed by atoms with Crippen LogP contribution in [-0.2, 0) is 24.4 Å². The van der Waals surface area contributed by atoms with Crippen molar-refractivity contribution in [1.29, 1.82) is 0 Å². The second-order valence-corrected chi connectivity index (χ2v) is 6.70. The number of hydrogen-bond acceptors (Lipinski definition) is 4. The third kappa shape index (κ3) is 2.55. The van der Waals surface area contributed by atoms with Crippen LogP contribution in [0.4, 0.5) is 0 Å². The van der Waals surface area contributed by atoms with Gasteiger partial charge in [0.25, 0.3) is 0 Å². The summed E-state index contributed by atoms with van der Waals surface area (Å²) in [7, 11) is 0. The van der Waals surface area contributed by atoms with Crippen molar-refractivity contribution < 1.29 is 9.90 Å². The van der Waals surface area contributed by atoms with Crippen molar-refractivity contribution >= 4 is 5.91 Å². The zero-order valence-corrected chi connectivity index (χ0v) is 13.2. The number of hydrogen-bond donors (Lipinski definition) is 1. The molecular formula is C16H21N5O2. The topological polar surface area (TPSA) is 76.2 Å². The third-order valence-electron chi connectivity index (χ3n) is 4.88. The van der Waals surface area contributed by atoms with Gasteiger partial charge < -0.3 is 14.6 Å². The first kappa shape index (κ1) is 14.4. The maximum absolute atomic E-state index is 13.0. The van der Waals surface area contributed by atoms with Crippen molar-refractivity contribution in [3.8, 4) is 0 Å². The molecule has 1 amide bonds. The van der Waals surface area contributed by atoms with E-state index in [0.29, 0.717) is 31.9 Å². The Kier molecular flexibility index (Phi) is 3.26. The number of imidazole rings is 1. The molecule has 1 saturated carbocycles. The molecule has 2 aliphatic rings. The average Bonchev–Trinajstić information content (AvgIpc) is 2.97.